The molecule has 1 aromatic heterocycles. The molecule has 0 spiro atoms. The van der Waals surface area contributed by atoms with Gasteiger partial charge in [-0.05, 0) is 43.3 Å². The number of aryl methyl sites for hydroxylation is 3. The average Bonchev–Trinajstić information content (AvgIpc) is 2.50. The molecule has 0 atom stereocenters. The smallest absolute Gasteiger partial charge is 0.0345 e. The molecule has 72 valence electrons. The fourth-order valence-electron chi connectivity index (χ4n) is 1.70. The minimum absolute atomic E-state index is 1.34. The summed E-state index contributed by atoms with van der Waals surface area (Å²) in [6.07, 6.45) is 0. The lowest BCUT2D eigenvalue weighted by Crippen LogP contribution is -1.79. The van der Waals surface area contributed by atoms with Crippen LogP contribution in [0.25, 0.3) is 10.4 Å². The second-order valence-electron chi connectivity index (χ2n) is 3.86. The van der Waals surface area contributed by atoms with Gasteiger partial charge in [0.15, 0.2) is 0 Å². The van der Waals surface area contributed by atoms with E-state index in [0.29, 0.717) is 0 Å². The standard InChI is InChI=1S/C13H14S/c1-9-4-10(2)6-12(5-9)13-7-11(3)8-14-13/h4-8H,1-3H3. The van der Waals surface area contributed by atoms with E-state index >= 15 is 0 Å². The van der Waals surface area contributed by atoms with Crippen molar-refractivity contribution < 1.29 is 0 Å². The van der Waals surface area contributed by atoms with Crippen molar-refractivity contribution in [2.24, 2.45) is 0 Å². The molecule has 1 heterocycles. The predicted molar refractivity (Wildman–Crippen MR) is 64.0 cm³/mol. The third-order valence-corrected chi connectivity index (χ3v) is 3.33. The Labute approximate surface area is 89.2 Å². The molecule has 1 aromatic carbocycles. The lowest BCUT2D eigenvalue weighted by Gasteiger charge is -2.01. The van der Waals surface area contributed by atoms with E-state index in [2.05, 4.69) is 50.4 Å². The van der Waals surface area contributed by atoms with E-state index < -0.39 is 0 Å². The summed E-state index contributed by atoms with van der Waals surface area (Å²) in [6.45, 7) is 6.44. The maximum atomic E-state index is 2.25. The summed E-state index contributed by atoms with van der Waals surface area (Å²) in [5, 5.41) is 2.20. The van der Waals surface area contributed by atoms with Crippen LogP contribution in [0.5, 0.6) is 0 Å². The van der Waals surface area contributed by atoms with E-state index in [4.69, 9.17) is 0 Å². The number of hydrogen-bond donors (Lipinski definition) is 0. The van der Waals surface area contributed by atoms with Gasteiger partial charge < -0.3 is 0 Å². The van der Waals surface area contributed by atoms with Crippen molar-refractivity contribution in [2.75, 3.05) is 0 Å². The normalized spacial score (nSPS) is 10.5. The fraction of sp³-hybridized carbons (Fsp3) is 0.231. The van der Waals surface area contributed by atoms with Crippen LogP contribution in [0.4, 0.5) is 0 Å². The van der Waals surface area contributed by atoms with Gasteiger partial charge in [0.1, 0.15) is 0 Å². The van der Waals surface area contributed by atoms with E-state index in [0.717, 1.165) is 0 Å². The van der Waals surface area contributed by atoms with Crippen LogP contribution in [-0.4, -0.2) is 0 Å². The molecule has 0 radical (unpaired) electrons. The van der Waals surface area contributed by atoms with Gasteiger partial charge in [-0.25, -0.2) is 0 Å². The Bertz CT molecular complexity index is 432. The van der Waals surface area contributed by atoms with Gasteiger partial charge in [0, 0.05) is 4.88 Å². The number of hydrogen-bond acceptors (Lipinski definition) is 1. The summed E-state index contributed by atoms with van der Waals surface area (Å²) in [7, 11) is 0. The Balaban J connectivity index is 2.51. The molecule has 0 saturated heterocycles. The van der Waals surface area contributed by atoms with E-state index in [-0.39, 0.29) is 0 Å². The Morgan fingerprint density at radius 2 is 1.43 bits per heavy atom. The van der Waals surface area contributed by atoms with Gasteiger partial charge in [-0.1, -0.05) is 29.3 Å². The monoisotopic (exact) mass is 202 g/mol. The van der Waals surface area contributed by atoms with Crippen LogP contribution in [0, 0.1) is 20.8 Å². The van der Waals surface area contributed by atoms with Crippen LogP contribution in [0.1, 0.15) is 16.7 Å². The molecule has 0 fully saturated rings. The number of benzene rings is 1. The molecule has 2 aromatic rings. The van der Waals surface area contributed by atoms with Crippen LogP contribution in [0.3, 0.4) is 0 Å². The molecule has 0 aliphatic heterocycles. The third kappa shape index (κ3) is 1.88. The van der Waals surface area contributed by atoms with Crippen LogP contribution in [-0.2, 0) is 0 Å². The molecule has 0 unspecified atom stereocenters. The second-order valence-corrected chi connectivity index (χ2v) is 4.78. The summed E-state index contributed by atoms with van der Waals surface area (Å²) in [4.78, 5) is 1.37. The highest BCUT2D eigenvalue weighted by atomic mass is 32.1. The molecule has 0 aliphatic carbocycles. The van der Waals surface area contributed by atoms with E-state index in [1.54, 1.807) is 0 Å². The van der Waals surface area contributed by atoms with Crippen LogP contribution in [0.2, 0.25) is 0 Å². The highest BCUT2D eigenvalue weighted by Crippen LogP contribution is 2.28. The third-order valence-electron chi connectivity index (χ3n) is 2.24. The molecule has 0 nitrogen and oxygen atoms in total. The SMILES string of the molecule is Cc1cc(C)cc(-c2cc(C)cs2)c1. The van der Waals surface area contributed by atoms with Crippen LogP contribution in [0.15, 0.2) is 29.6 Å². The minimum Gasteiger partial charge on any atom is -0.144 e. The first-order chi connectivity index (χ1) is 6.65. The molecule has 14 heavy (non-hydrogen) atoms. The van der Waals surface area contributed by atoms with Crippen molar-refractivity contribution in [3.63, 3.8) is 0 Å². The molecule has 0 aliphatic rings. The topological polar surface area (TPSA) is 0 Å². The molecule has 1 heteroatoms. The van der Waals surface area contributed by atoms with Gasteiger partial charge >= 0.3 is 0 Å². The van der Waals surface area contributed by atoms with Crippen LogP contribution < -0.4 is 0 Å². The zero-order valence-corrected chi connectivity index (χ0v) is 9.61. The van der Waals surface area contributed by atoms with Crippen molar-refractivity contribution in [1.82, 2.24) is 0 Å². The first kappa shape index (κ1) is 9.47. The maximum Gasteiger partial charge on any atom is 0.0345 e. The highest BCUT2D eigenvalue weighted by Gasteiger charge is 2.01. The molecular formula is C13H14S. The number of thiophene rings is 1. The van der Waals surface area contributed by atoms with Gasteiger partial charge in [-0.3, -0.25) is 0 Å². The highest BCUT2D eigenvalue weighted by molar-refractivity contribution is 7.13. The van der Waals surface area contributed by atoms with Gasteiger partial charge in [0.25, 0.3) is 0 Å². The lowest BCUT2D eigenvalue weighted by molar-refractivity contribution is 1.39. The van der Waals surface area contributed by atoms with Gasteiger partial charge in [-0.2, -0.15) is 0 Å². The van der Waals surface area contributed by atoms with Crippen molar-refractivity contribution in [3.05, 3.63) is 46.3 Å². The first-order valence-electron chi connectivity index (χ1n) is 4.79. The number of rotatable bonds is 1. The molecule has 0 amide bonds. The van der Waals surface area contributed by atoms with Crippen molar-refractivity contribution in [1.29, 1.82) is 0 Å². The van der Waals surface area contributed by atoms with Crippen molar-refractivity contribution >= 4 is 11.3 Å². The Kier molecular flexibility index (Phi) is 2.42. The summed E-state index contributed by atoms with van der Waals surface area (Å²) in [5.41, 5.74) is 5.38. The fourth-order valence-corrected chi connectivity index (χ4v) is 2.59. The molecule has 0 bridgehead atoms. The summed E-state index contributed by atoms with van der Waals surface area (Å²) in [5.74, 6) is 0. The van der Waals surface area contributed by atoms with E-state index in [1.165, 1.54) is 27.1 Å². The van der Waals surface area contributed by atoms with Gasteiger partial charge in [0.05, 0.1) is 0 Å². The average molecular weight is 202 g/mol. The lowest BCUT2D eigenvalue weighted by atomic mass is 10.1. The quantitative estimate of drug-likeness (QED) is 0.645. The zero-order valence-electron chi connectivity index (χ0n) is 8.79. The molecule has 0 N–H and O–H groups in total. The van der Waals surface area contributed by atoms with E-state index in [9.17, 15) is 0 Å². The van der Waals surface area contributed by atoms with E-state index in [1.807, 2.05) is 11.3 Å². The molecule has 0 saturated carbocycles. The maximum absolute atomic E-state index is 2.25. The predicted octanol–water partition coefficient (Wildman–Crippen LogP) is 4.34. The first-order valence-corrected chi connectivity index (χ1v) is 5.67. The van der Waals surface area contributed by atoms with Gasteiger partial charge in [0.2, 0.25) is 0 Å². The van der Waals surface area contributed by atoms with Gasteiger partial charge in [-0.15, -0.1) is 11.3 Å². The van der Waals surface area contributed by atoms with Crippen molar-refractivity contribution in [3.8, 4) is 10.4 Å². The largest absolute Gasteiger partial charge is 0.144 e. The second kappa shape index (κ2) is 3.58. The minimum atomic E-state index is 1.34. The molecule has 2 rings (SSSR count). The summed E-state index contributed by atoms with van der Waals surface area (Å²) in [6, 6.07) is 8.96. The van der Waals surface area contributed by atoms with Crippen molar-refractivity contribution in [2.45, 2.75) is 20.8 Å². The summed E-state index contributed by atoms with van der Waals surface area (Å²) >= 11 is 1.82. The Morgan fingerprint density at radius 3 is 1.93 bits per heavy atom. The molecular weight excluding hydrogens is 188 g/mol. The summed E-state index contributed by atoms with van der Waals surface area (Å²) < 4.78 is 0. The Hall–Kier alpha value is -1.08. The van der Waals surface area contributed by atoms with Crippen LogP contribution >= 0.6 is 11.3 Å². The zero-order chi connectivity index (χ0) is 10.1. The Morgan fingerprint density at radius 1 is 0.786 bits per heavy atom.